The van der Waals surface area contributed by atoms with Gasteiger partial charge in [-0.3, -0.25) is 14.4 Å². The highest BCUT2D eigenvalue weighted by Gasteiger charge is 2.27. The number of furan rings is 1. The van der Waals surface area contributed by atoms with Gasteiger partial charge in [0.1, 0.15) is 23.3 Å². The number of ether oxygens (including phenoxy) is 2. The van der Waals surface area contributed by atoms with Crippen molar-refractivity contribution in [1.29, 1.82) is 0 Å². The minimum atomic E-state index is -0.789. The molecule has 198 valence electrons. The molecule has 9 heteroatoms. The van der Waals surface area contributed by atoms with Gasteiger partial charge in [0.25, 0.3) is 5.91 Å². The standard InChI is InChI=1S/C27H38N2O6S/c1-6-7-10-23(25(30)17-36-16-20-9-8-11-35-20)28-27(32)24(12-18(2)3)29-26(31)19-13-21(33-4)15-22(14-19)34-5/h8-9,11,13-15,18,23-24H,6-7,10,12,16-17H2,1-5H3,(H,28,32)(H,29,31)/t23-,24-/m0/s1. The Morgan fingerprint density at radius 3 is 2.28 bits per heavy atom. The van der Waals surface area contributed by atoms with Gasteiger partial charge in [-0.05, 0) is 43.0 Å². The molecule has 0 saturated carbocycles. The van der Waals surface area contributed by atoms with E-state index in [0.717, 1.165) is 18.6 Å². The van der Waals surface area contributed by atoms with Crippen LogP contribution in [0.2, 0.25) is 0 Å². The summed E-state index contributed by atoms with van der Waals surface area (Å²) in [4.78, 5) is 39.3. The zero-order chi connectivity index (χ0) is 26.5. The van der Waals surface area contributed by atoms with Crippen molar-refractivity contribution in [3.8, 4) is 11.5 Å². The maximum absolute atomic E-state index is 13.3. The second-order valence-electron chi connectivity index (χ2n) is 9.00. The number of benzene rings is 1. The largest absolute Gasteiger partial charge is 0.497 e. The third kappa shape index (κ3) is 9.60. The minimum Gasteiger partial charge on any atom is -0.497 e. The molecule has 2 N–H and O–H groups in total. The highest BCUT2D eigenvalue weighted by Crippen LogP contribution is 2.23. The zero-order valence-corrected chi connectivity index (χ0v) is 22.6. The van der Waals surface area contributed by atoms with Gasteiger partial charge in [-0.2, -0.15) is 0 Å². The summed E-state index contributed by atoms with van der Waals surface area (Å²) in [6.45, 7) is 6.00. The third-order valence-corrected chi connectivity index (χ3v) is 6.54. The van der Waals surface area contributed by atoms with Crippen molar-refractivity contribution in [1.82, 2.24) is 10.6 Å². The Labute approximate surface area is 217 Å². The van der Waals surface area contributed by atoms with Gasteiger partial charge in [0, 0.05) is 11.6 Å². The van der Waals surface area contributed by atoms with Crippen molar-refractivity contribution < 1.29 is 28.3 Å². The van der Waals surface area contributed by atoms with E-state index in [1.54, 1.807) is 24.5 Å². The van der Waals surface area contributed by atoms with Gasteiger partial charge < -0.3 is 24.5 Å². The highest BCUT2D eigenvalue weighted by atomic mass is 32.2. The van der Waals surface area contributed by atoms with Crippen LogP contribution in [0, 0.1) is 5.92 Å². The minimum absolute atomic E-state index is 0.0412. The smallest absolute Gasteiger partial charge is 0.252 e. The number of Topliss-reactive ketones (excluding diaryl/α,β-unsaturated/α-hetero) is 1. The van der Waals surface area contributed by atoms with E-state index in [0.29, 0.717) is 35.7 Å². The summed E-state index contributed by atoms with van der Waals surface area (Å²) in [6, 6.07) is 7.13. The lowest BCUT2D eigenvalue weighted by molar-refractivity contribution is -0.128. The molecule has 1 heterocycles. The molecule has 0 aliphatic rings. The van der Waals surface area contributed by atoms with Crippen LogP contribution in [-0.2, 0) is 15.3 Å². The topological polar surface area (TPSA) is 107 Å². The molecule has 2 amide bonds. The number of methoxy groups -OCH3 is 2. The van der Waals surface area contributed by atoms with Crippen LogP contribution in [0.3, 0.4) is 0 Å². The van der Waals surface area contributed by atoms with Crippen LogP contribution >= 0.6 is 11.8 Å². The second-order valence-corrected chi connectivity index (χ2v) is 9.98. The SMILES string of the molecule is CCCC[C@H](NC(=O)[C@H](CC(C)C)NC(=O)c1cc(OC)cc(OC)c1)C(=O)CSCc1ccco1. The number of nitrogens with one attached hydrogen (secondary N) is 2. The lowest BCUT2D eigenvalue weighted by atomic mass is 10.0. The number of hydrogen-bond acceptors (Lipinski definition) is 7. The fraction of sp³-hybridized carbons (Fsp3) is 0.519. The van der Waals surface area contributed by atoms with Crippen molar-refractivity contribution in [2.75, 3.05) is 20.0 Å². The molecule has 0 bridgehead atoms. The van der Waals surface area contributed by atoms with Gasteiger partial charge in [0.05, 0.1) is 38.0 Å². The summed E-state index contributed by atoms with van der Waals surface area (Å²) in [6.07, 6.45) is 4.30. The molecule has 36 heavy (non-hydrogen) atoms. The molecule has 2 aromatic rings. The number of amides is 2. The third-order valence-electron chi connectivity index (χ3n) is 5.56. The quantitative estimate of drug-likeness (QED) is 0.334. The number of rotatable bonds is 16. The molecule has 2 rings (SSSR count). The number of hydrogen-bond donors (Lipinski definition) is 2. The molecule has 8 nitrogen and oxygen atoms in total. The molecule has 1 aromatic carbocycles. The summed E-state index contributed by atoms with van der Waals surface area (Å²) in [7, 11) is 3.01. The second kappa shape index (κ2) is 15.2. The molecule has 0 fully saturated rings. The lowest BCUT2D eigenvalue weighted by Gasteiger charge is -2.24. The highest BCUT2D eigenvalue weighted by molar-refractivity contribution is 7.99. The summed E-state index contributed by atoms with van der Waals surface area (Å²) in [5, 5.41) is 5.75. The Morgan fingerprint density at radius 1 is 1.03 bits per heavy atom. The molecule has 0 saturated heterocycles. The maximum atomic E-state index is 13.3. The van der Waals surface area contributed by atoms with Crippen LogP contribution < -0.4 is 20.1 Å². The molecule has 0 radical (unpaired) electrons. The van der Waals surface area contributed by atoms with E-state index in [2.05, 4.69) is 10.6 Å². The normalized spacial score (nSPS) is 12.6. The van der Waals surface area contributed by atoms with Gasteiger partial charge in [0.15, 0.2) is 5.78 Å². The van der Waals surface area contributed by atoms with Crippen molar-refractivity contribution in [3.05, 3.63) is 47.9 Å². The number of carbonyl (C=O) groups excluding carboxylic acids is 3. The number of ketones is 1. The molecule has 2 atom stereocenters. The Morgan fingerprint density at radius 2 is 1.72 bits per heavy atom. The van der Waals surface area contributed by atoms with Crippen molar-refractivity contribution in [3.63, 3.8) is 0 Å². The summed E-state index contributed by atoms with van der Waals surface area (Å²) >= 11 is 1.45. The Kier molecular flexibility index (Phi) is 12.4. The van der Waals surface area contributed by atoms with Crippen molar-refractivity contribution in [2.24, 2.45) is 5.92 Å². The van der Waals surface area contributed by atoms with E-state index in [-0.39, 0.29) is 23.4 Å². The Hall–Kier alpha value is -2.94. The van der Waals surface area contributed by atoms with Gasteiger partial charge in [-0.1, -0.05) is 33.6 Å². The van der Waals surface area contributed by atoms with Gasteiger partial charge in [0.2, 0.25) is 5.91 Å². The molecule has 0 aliphatic carbocycles. The fourth-order valence-electron chi connectivity index (χ4n) is 3.62. The molecule has 0 unspecified atom stereocenters. The van der Waals surface area contributed by atoms with Crippen molar-refractivity contribution >= 4 is 29.4 Å². The number of carbonyl (C=O) groups is 3. The molecule has 0 aliphatic heterocycles. The molecular formula is C27H38N2O6S. The van der Waals surface area contributed by atoms with Crippen molar-refractivity contribution in [2.45, 2.75) is 64.3 Å². The van der Waals surface area contributed by atoms with E-state index in [4.69, 9.17) is 13.9 Å². The van der Waals surface area contributed by atoms with Gasteiger partial charge >= 0.3 is 0 Å². The van der Waals surface area contributed by atoms with Crippen LogP contribution in [-0.4, -0.2) is 49.7 Å². The van der Waals surface area contributed by atoms with E-state index >= 15 is 0 Å². The van der Waals surface area contributed by atoms with Crippen LogP contribution in [0.4, 0.5) is 0 Å². The molecular weight excluding hydrogens is 480 g/mol. The van der Waals surface area contributed by atoms with E-state index < -0.39 is 18.0 Å². The first-order valence-corrected chi connectivity index (χ1v) is 13.4. The average molecular weight is 519 g/mol. The Balaban J connectivity index is 2.09. The maximum Gasteiger partial charge on any atom is 0.252 e. The summed E-state index contributed by atoms with van der Waals surface area (Å²) in [5.41, 5.74) is 0.320. The summed E-state index contributed by atoms with van der Waals surface area (Å²) in [5.74, 6) is 1.92. The molecule has 0 spiro atoms. The lowest BCUT2D eigenvalue weighted by Crippen LogP contribution is -2.52. The van der Waals surface area contributed by atoms with Crippen LogP contribution in [0.25, 0.3) is 0 Å². The number of unbranched alkanes of at least 4 members (excludes halogenated alkanes) is 1. The van der Waals surface area contributed by atoms with Crippen LogP contribution in [0.15, 0.2) is 41.0 Å². The fourth-order valence-corrected chi connectivity index (χ4v) is 4.49. The van der Waals surface area contributed by atoms with Crippen LogP contribution in [0.5, 0.6) is 11.5 Å². The first-order valence-electron chi connectivity index (χ1n) is 12.2. The van der Waals surface area contributed by atoms with Crippen LogP contribution in [0.1, 0.15) is 62.6 Å². The Bertz CT molecular complexity index is 954. The van der Waals surface area contributed by atoms with Gasteiger partial charge in [-0.15, -0.1) is 11.8 Å². The monoisotopic (exact) mass is 518 g/mol. The molecule has 1 aromatic heterocycles. The van der Waals surface area contributed by atoms with E-state index in [1.165, 1.54) is 26.0 Å². The zero-order valence-electron chi connectivity index (χ0n) is 21.8. The summed E-state index contributed by atoms with van der Waals surface area (Å²) < 4.78 is 15.8. The number of thioether (sulfide) groups is 1. The first-order chi connectivity index (χ1) is 17.3. The first kappa shape index (κ1) is 29.3. The van der Waals surface area contributed by atoms with Gasteiger partial charge in [-0.25, -0.2) is 0 Å². The average Bonchev–Trinajstić information content (AvgIpc) is 3.38. The predicted molar refractivity (Wildman–Crippen MR) is 142 cm³/mol. The predicted octanol–water partition coefficient (Wildman–Crippen LogP) is 4.62. The van der Waals surface area contributed by atoms with E-state index in [9.17, 15) is 14.4 Å². The van der Waals surface area contributed by atoms with E-state index in [1.807, 2.05) is 32.9 Å².